The minimum atomic E-state index is 0.661. The van der Waals surface area contributed by atoms with E-state index in [1.807, 2.05) is 73.7 Å². The van der Waals surface area contributed by atoms with Crippen LogP contribution in [0.25, 0.3) is 32.3 Å². The highest BCUT2D eigenvalue weighted by molar-refractivity contribution is 7.21. The summed E-state index contributed by atoms with van der Waals surface area (Å²) in [6.45, 7) is 1.96. The molecule has 0 unspecified atom stereocenters. The highest BCUT2D eigenvalue weighted by Gasteiger charge is 2.10. The molecule has 0 saturated heterocycles. The van der Waals surface area contributed by atoms with Gasteiger partial charge in [0.15, 0.2) is 5.82 Å². The molecule has 0 atom stereocenters. The number of benzene rings is 2. The monoisotopic (exact) mass is 404 g/mol. The van der Waals surface area contributed by atoms with Crippen LogP contribution >= 0.6 is 11.3 Å². The van der Waals surface area contributed by atoms with E-state index >= 15 is 0 Å². The van der Waals surface area contributed by atoms with Gasteiger partial charge in [-0.2, -0.15) is 0 Å². The molecule has 0 fully saturated rings. The van der Waals surface area contributed by atoms with Crippen molar-refractivity contribution in [2.45, 2.75) is 6.92 Å². The van der Waals surface area contributed by atoms with Gasteiger partial charge in [-0.1, -0.05) is 53.7 Å². The van der Waals surface area contributed by atoms with Crippen LogP contribution in [-0.2, 0) is 0 Å². The molecule has 3 heterocycles. The number of thiazole rings is 1. The van der Waals surface area contributed by atoms with Crippen LogP contribution in [0.3, 0.4) is 0 Å². The average Bonchev–Trinajstić information content (AvgIpc) is 3.23. The van der Waals surface area contributed by atoms with Gasteiger partial charge in [-0.25, -0.2) is 19.9 Å². The topological polar surface area (TPSA) is 51.6 Å². The summed E-state index contributed by atoms with van der Waals surface area (Å²) in [6.07, 6.45) is 1.79. The molecule has 0 saturated carbocycles. The molecule has 0 bridgehead atoms. The molecular formula is C25H16N4S. The molecule has 2 aromatic carbocycles. The smallest absolute Gasteiger partial charge is 0.160 e. The summed E-state index contributed by atoms with van der Waals surface area (Å²) < 4.78 is 0. The van der Waals surface area contributed by atoms with Crippen molar-refractivity contribution < 1.29 is 0 Å². The van der Waals surface area contributed by atoms with E-state index in [0.29, 0.717) is 11.5 Å². The van der Waals surface area contributed by atoms with E-state index in [2.05, 4.69) is 32.9 Å². The van der Waals surface area contributed by atoms with E-state index in [9.17, 15) is 0 Å². The quantitative estimate of drug-likeness (QED) is 0.363. The van der Waals surface area contributed by atoms with Crippen LogP contribution in [-0.4, -0.2) is 19.9 Å². The third-order valence-corrected chi connectivity index (χ3v) is 5.53. The molecule has 0 aliphatic heterocycles. The Morgan fingerprint density at radius 2 is 1.63 bits per heavy atom. The van der Waals surface area contributed by atoms with Crippen molar-refractivity contribution in [3.05, 3.63) is 95.9 Å². The molecule has 0 spiro atoms. The predicted molar refractivity (Wildman–Crippen MR) is 121 cm³/mol. The van der Waals surface area contributed by atoms with E-state index in [0.717, 1.165) is 37.7 Å². The van der Waals surface area contributed by atoms with Crippen molar-refractivity contribution in [2.75, 3.05) is 0 Å². The summed E-state index contributed by atoms with van der Waals surface area (Å²) >= 11 is 1.58. The van der Waals surface area contributed by atoms with Gasteiger partial charge in [-0.15, -0.1) is 0 Å². The SMILES string of the molecule is Cc1cc(C#Cc2ccccc2)nc(-c2cccc(-c3nc4cccnc4s3)c2)n1. The standard InChI is InChI=1S/C25H16N4S/c1-17-15-21(13-12-18-7-3-2-4-8-18)28-23(27-17)19-9-5-10-20(16-19)24-29-22-11-6-14-26-25(22)30-24/h2-11,14-16H,1H3. The zero-order valence-electron chi connectivity index (χ0n) is 16.2. The normalized spacial score (nSPS) is 10.6. The van der Waals surface area contributed by atoms with Crippen molar-refractivity contribution in [1.82, 2.24) is 19.9 Å². The number of fused-ring (bicyclic) bond motifs is 1. The van der Waals surface area contributed by atoms with Gasteiger partial charge in [0.05, 0.1) is 0 Å². The largest absolute Gasteiger partial charge is 0.244 e. The Balaban J connectivity index is 1.52. The van der Waals surface area contributed by atoms with Gasteiger partial charge in [0.25, 0.3) is 0 Å². The average molecular weight is 404 g/mol. The molecule has 3 aromatic heterocycles. The van der Waals surface area contributed by atoms with Crippen LogP contribution < -0.4 is 0 Å². The summed E-state index contributed by atoms with van der Waals surface area (Å²) in [7, 11) is 0. The molecule has 5 aromatic rings. The predicted octanol–water partition coefficient (Wildman–Crippen LogP) is 5.52. The van der Waals surface area contributed by atoms with Gasteiger partial charge in [0, 0.05) is 28.6 Å². The molecule has 142 valence electrons. The maximum absolute atomic E-state index is 4.71. The van der Waals surface area contributed by atoms with Crippen molar-refractivity contribution in [3.8, 4) is 33.8 Å². The lowest BCUT2D eigenvalue weighted by Gasteiger charge is -2.04. The molecular weight excluding hydrogens is 388 g/mol. The fourth-order valence-electron chi connectivity index (χ4n) is 3.10. The lowest BCUT2D eigenvalue weighted by molar-refractivity contribution is 1.10. The van der Waals surface area contributed by atoms with Crippen molar-refractivity contribution in [2.24, 2.45) is 0 Å². The van der Waals surface area contributed by atoms with E-state index in [-0.39, 0.29) is 0 Å². The number of nitrogens with zero attached hydrogens (tertiary/aromatic N) is 4. The van der Waals surface area contributed by atoms with Crippen molar-refractivity contribution in [3.63, 3.8) is 0 Å². The van der Waals surface area contributed by atoms with Gasteiger partial charge in [-0.3, -0.25) is 0 Å². The van der Waals surface area contributed by atoms with Crippen LogP contribution in [0.4, 0.5) is 0 Å². The first kappa shape index (κ1) is 18.2. The highest BCUT2D eigenvalue weighted by Crippen LogP contribution is 2.30. The molecule has 5 heteroatoms. The third-order valence-electron chi connectivity index (χ3n) is 4.50. The number of aryl methyl sites for hydroxylation is 1. The van der Waals surface area contributed by atoms with Crippen molar-refractivity contribution >= 4 is 21.7 Å². The number of rotatable bonds is 2. The Hall–Kier alpha value is -3.88. The van der Waals surface area contributed by atoms with Crippen LogP contribution in [0.1, 0.15) is 17.0 Å². The van der Waals surface area contributed by atoms with Gasteiger partial charge in [0.1, 0.15) is 21.0 Å². The first-order chi connectivity index (χ1) is 14.7. The summed E-state index contributed by atoms with van der Waals surface area (Å²) in [6, 6.07) is 23.8. The fraction of sp³-hybridized carbons (Fsp3) is 0.0400. The second-order valence-electron chi connectivity index (χ2n) is 6.76. The number of hydrogen-bond acceptors (Lipinski definition) is 5. The molecule has 0 aliphatic rings. The van der Waals surface area contributed by atoms with Crippen LogP contribution in [0.5, 0.6) is 0 Å². The molecule has 5 rings (SSSR count). The second kappa shape index (κ2) is 7.86. The van der Waals surface area contributed by atoms with E-state index in [1.165, 1.54) is 0 Å². The number of hydrogen-bond donors (Lipinski definition) is 0. The Morgan fingerprint density at radius 3 is 2.50 bits per heavy atom. The van der Waals surface area contributed by atoms with E-state index < -0.39 is 0 Å². The Bertz CT molecular complexity index is 1380. The van der Waals surface area contributed by atoms with Gasteiger partial charge >= 0.3 is 0 Å². The third kappa shape index (κ3) is 3.82. The van der Waals surface area contributed by atoms with Crippen molar-refractivity contribution in [1.29, 1.82) is 0 Å². The Kier molecular flexibility index (Phi) is 4.76. The Labute approximate surface area is 178 Å². The van der Waals surface area contributed by atoms with Gasteiger partial charge < -0.3 is 0 Å². The molecule has 0 N–H and O–H groups in total. The maximum Gasteiger partial charge on any atom is 0.160 e. The van der Waals surface area contributed by atoms with E-state index in [1.54, 1.807) is 17.5 Å². The number of aromatic nitrogens is 4. The van der Waals surface area contributed by atoms with E-state index in [4.69, 9.17) is 4.98 Å². The zero-order valence-corrected chi connectivity index (χ0v) is 17.0. The minimum absolute atomic E-state index is 0.661. The first-order valence-electron chi connectivity index (χ1n) is 9.50. The lowest BCUT2D eigenvalue weighted by atomic mass is 10.1. The summed E-state index contributed by atoms with van der Waals surface area (Å²) in [5.41, 5.74) is 5.42. The molecule has 4 nitrogen and oxygen atoms in total. The first-order valence-corrected chi connectivity index (χ1v) is 10.3. The summed E-state index contributed by atoms with van der Waals surface area (Å²) in [5, 5.41) is 0.933. The lowest BCUT2D eigenvalue weighted by Crippen LogP contribution is -1.95. The molecule has 30 heavy (non-hydrogen) atoms. The van der Waals surface area contributed by atoms with Crippen LogP contribution in [0.15, 0.2) is 79.0 Å². The maximum atomic E-state index is 4.71. The molecule has 0 radical (unpaired) electrons. The Morgan fingerprint density at radius 1 is 0.767 bits per heavy atom. The fourth-order valence-corrected chi connectivity index (χ4v) is 4.01. The second-order valence-corrected chi connectivity index (χ2v) is 7.74. The van der Waals surface area contributed by atoms with Crippen LogP contribution in [0.2, 0.25) is 0 Å². The summed E-state index contributed by atoms with van der Waals surface area (Å²) in [4.78, 5) is 19.3. The molecule has 0 aliphatic carbocycles. The highest BCUT2D eigenvalue weighted by atomic mass is 32.1. The summed E-state index contributed by atoms with van der Waals surface area (Å²) in [5.74, 6) is 6.98. The number of pyridine rings is 1. The molecule has 0 amide bonds. The zero-order chi connectivity index (χ0) is 20.3. The van der Waals surface area contributed by atoms with Gasteiger partial charge in [0.2, 0.25) is 0 Å². The van der Waals surface area contributed by atoms with Crippen LogP contribution in [0, 0.1) is 18.8 Å². The van der Waals surface area contributed by atoms with Gasteiger partial charge in [-0.05, 0) is 49.2 Å². The minimum Gasteiger partial charge on any atom is -0.244 e.